The first-order chi connectivity index (χ1) is 8.67. The van der Waals surface area contributed by atoms with Crippen LogP contribution in [-0.4, -0.2) is 0 Å². The summed E-state index contributed by atoms with van der Waals surface area (Å²) in [5, 5.41) is 0. The van der Waals surface area contributed by atoms with Gasteiger partial charge in [0.15, 0.2) is 0 Å². The van der Waals surface area contributed by atoms with Gasteiger partial charge < -0.3 is 4.42 Å². The van der Waals surface area contributed by atoms with Gasteiger partial charge in [-0.2, -0.15) is 39.5 Å². The molecule has 1 aromatic rings. The van der Waals surface area contributed by atoms with Gasteiger partial charge in [-0.15, -0.1) is 0 Å². The van der Waals surface area contributed by atoms with Gasteiger partial charge >= 0.3 is 18.5 Å². The summed E-state index contributed by atoms with van der Waals surface area (Å²) in [5.41, 5.74) is -5.33. The van der Waals surface area contributed by atoms with Gasteiger partial charge in [0.25, 0.3) is 0 Å². The number of halogens is 10. The lowest BCUT2D eigenvalue weighted by molar-refractivity contribution is -0.178. The maximum Gasteiger partial charge on any atom is 0.450 e. The van der Waals surface area contributed by atoms with Crippen LogP contribution in [-0.2, 0) is 18.5 Å². The van der Waals surface area contributed by atoms with Crippen molar-refractivity contribution in [1.82, 2.24) is 0 Å². The largest absolute Gasteiger partial charge is 0.454 e. The van der Waals surface area contributed by atoms with Crippen molar-refractivity contribution in [3.05, 3.63) is 22.6 Å². The molecule has 0 aliphatic carbocycles. The zero-order valence-electron chi connectivity index (χ0n) is 9.27. The summed E-state index contributed by atoms with van der Waals surface area (Å²) in [5.74, 6) is -4.18. The third-order valence-corrected chi connectivity index (χ3v) is 2.54. The lowest BCUT2D eigenvalue weighted by Gasteiger charge is -2.13. The SMILES string of the molecule is CC(Br)c1oc(C(F)(F)F)c(C(F)(F)F)c1C(F)(F)F. The number of rotatable bonds is 1. The maximum absolute atomic E-state index is 12.7. The molecule has 1 nitrogen and oxygen atoms in total. The molecule has 1 heterocycles. The Kier molecular flexibility index (Phi) is 4.16. The van der Waals surface area contributed by atoms with E-state index in [-0.39, 0.29) is 0 Å². The minimum absolute atomic E-state index is 0.911. The van der Waals surface area contributed by atoms with Crippen molar-refractivity contribution in [3.63, 3.8) is 0 Å². The topological polar surface area (TPSA) is 13.1 Å². The Hall–Kier alpha value is -0.870. The van der Waals surface area contributed by atoms with Crippen molar-refractivity contribution >= 4 is 15.9 Å². The van der Waals surface area contributed by atoms with E-state index in [1.807, 2.05) is 0 Å². The molecular formula is C9H4BrF9O. The second kappa shape index (κ2) is 4.85. The van der Waals surface area contributed by atoms with Gasteiger partial charge in [0.1, 0.15) is 16.9 Å². The van der Waals surface area contributed by atoms with Gasteiger partial charge in [-0.3, -0.25) is 0 Å². The van der Waals surface area contributed by atoms with Crippen molar-refractivity contribution in [2.75, 3.05) is 0 Å². The fourth-order valence-corrected chi connectivity index (χ4v) is 1.80. The molecule has 20 heavy (non-hydrogen) atoms. The molecule has 11 heteroatoms. The molecular weight excluding hydrogens is 375 g/mol. The second-order valence-electron chi connectivity index (χ2n) is 3.65. The summed E-state index contributed by atoms with van der Waals surface area (Å²) >= 11 is 2.48. The Morgan fingerprint density at radius 2 is 1.20 bits per heavy atom. The Morgan fingerprint density at radius 3 is 1.45 bits per heavy atom. The molecule has 0 N–H and O–H groups in total. The predicted molar refractivity (Wildman–Crippen MR) is 51.1 cm³/mol. The smallest absolute Gasteiger partial charge is 0.450 e. The van der Waals surface area contributed by atoms with Gasteiger partial charge in [-0.25, -0.2) is 0 Å². The highest BCUT2D eigenvalue weighted by Crippen LogP contribution is 2.51. The minimum atomic E-state index is -5.86. The molecule has 0 spiro atoms. The van der Waals surface area contributed by atoms with Crippen LogP contribution in [0.1, 0.15) is 34.4 Å². The highest BCUT2D eigenvalue weighted by atomic mass is 79.9. The Labute approximate surface area is 113 Å². The predicted octanol–water partition coefficient (Wildman–Crippen LogP) is 5.79. The van der Waals surface area contributed by atoms with Gasteiger partial charge in [-0.1, -0.05) is 15.9 Å². The van der Waals surface area contributed by atoms with Gasteiger partial charge in [0.2, 0.25) is 5.76 Å². The fraction of sp³-hybridized carbons (Fsp3) is 0.556. The van der Waals surface area contributed by atoms with Crippen LogP contribution in [0.2, 0.25) is 0 Å². The summed E-state index contributed by atoms with van der Waals surface area (Å²) in [4.78, 5) is -1.49. The van der Waals surface area contributed by atoms with E-state index in [1.165, 1.54) is 0 Å². The van der Waals surface area contributed by atoms with E-state index in [1.54, 1.807) is 0 Å². The first kappa shape index (κ1) is 17.2. The molecule has 0 aromatic carbocycles. The summed E-state index contributed by atoms with van der Waals surface area (Å²) < 4.78 is 117. The lowest BCUT2D eigenvalue weighted by Crippen LogP contribution is -2.20. The van der Waals surface area contributed by atoms with Crippen molar-refractivity contribution in [3.8, 4) is 0 Å². The molecule has 1 aromatic heterocycles. The number of alkyl halides is 10. The molecule has 0 amide bonds. The monoisotopic (exact) mass is 378 g/mol. The normalized spacial score (nSPS) is 15.6. The van der Waals surface area contributed by atoms with E-state index in [0.29, 0.717) is 0 Å². The molecule has 1 rings (SSSR count). The van der Waals surface area contributed by atoms with E-state index < -0.39 is 46.0 Å². The van der Waals surface area contributed by atoms with Crippen LogP contribution in [0, 0.1) is 0 Å². The number of hydrogen-bond donors (Lipinski definition) is 0. The van der Waals surface area contributed by atoms with Gasteiger partial charge in [0, 0.05) is 0 Å². The summed E-state index contributed by atoms with van der Waals surface area (Å²) in [6.45, 7) is 0.911. The van der Waals surface area contributed by atoms with Crippen LogP contribution in [0.5, 0.6) is 0 Å². The highest BCUT2D eigenvalue weighted by Gasteiger charge is 2.55. The van der Waals surface area contributed by atoms with E-state index in [2.05, 4.69) is 20.3 Å². The first-order valence-corrected chi connectivity index (χ1v) is 5.61. The van der Waals surface area contributed by atoms with E-state index in [4.69, 9.17) is 0 Å². The molecule has 1 unspecified atom stereocenters. The number of furan rings is 1. The van der Waals surface area contributed by atoms with Crippen LogP contribution >= 0.6 is 15.9 Å². The molecule has 0 fully saturated rings. The zero-order chi connectivity index (χ0) is 16.1. The highest BCUT2D eigenvalue weighted by molar-refractivity contribution is 9.09. The molecule has 116 valence electrons. The Bertz CT molecular complexity index is 491. The first-order valence-electron chi connectivity index (χ1n) is 4.69. The zero-order valence-corrected chi connectivity index (χ0v) is 10.9. The molecule has 0 bridgehead atoms. The standard InChI is InChI=1S/C9H4BrF9O/c1-2(10)5-3(7(11,12)13)4(8(14,15)16)6(20-5)9(17,18)19/h2H,1H3. The summed E-state index contributed by atoms with van der Waals surface area (Å²) in [6.07, 6.45) is -17.2. The van der Waals surface area contributed by atoms with Crippen LogP contribution < -0.4 is 0 Å². The molecule has 0 radical (unpaired) electrons. The number of hydrogen-bond acceptors (Lipinski definition) is 1. The van der Waals surface area contributed by atoms with E-state index in [0.717, 1.165) is 6.92 Å². The quantitative estimate of drug-likeness (QED) is 0.445. The molecule has 0 aliphatic rings. The van der Waals surface area contributed by atoms with Crippen molar-refractivity contribution in [2.24, 2.45) is 0 Å². The van der Waals surface area contributed by atoms with E-state index >= 15 is 0 Å². The van der Waals surface area contributed by atoms with Crippen molar-refractivity contribution in [1.29, 1.82) is 0 Å². The second-order valence-corrected chi connectivity index (χ2v) is 5.03. The molecule has 0 saturated carbocycles. The van der Waals surface area contributed by atoms with Gasteiger partial charge in [0.05, 0.1) is 4.83 Å². The summed E-state index contributed by atoms with van der Waals surface area (Å²) in [6, 6.07) is 0. The van der Waals surface area contributed by atoms with E-state index in [9.17, 15) is 39.5 Å². The van der Waals surface area contributed by atoms with Crippen molar-refractivity contribution in [2.45, 2.75) is 30.3 Å². The van der Waals surface area contributed by atoms with Crippen LogP contribution in [0.25, 0.3) is 0 Å². The minimum Gasteiger partial charge on any atom is -0.454 e. The van der Waals surface area contributed by atoms with Gasteiger partial charge in [-0.05, 0) is 6.92 Å². The fourth-order valence-electron chi connectivity index (χ4n) is 1.48. The van der Waals surface area contributed by atoms with Crippen molar-refractivity contribution < 1.29 is 43.9 Å². The van der Waals surface area contributed by atoms with Crippen LogP contribution in [0.4, 0.5) is 39.5 Å². The van der Waals surface area contributed by atoms with Crippen LogP contribution in [0.3, 0.4) is 0 Å². The molecule has 0 aliphatic heterocycles. The van der Waals surface area contributed by atoms with Crippen LogP contribution in [0.15, 0.2) is 4.42 Å². The maximum atomic E-state index is 12.7. The summed E-state index contributed by atoms with van der Waals surface area (Å²) in [7, 11) is 0. The Balaban J connectivity index is 3.83. The third kappa shape index (κ3) is 3.23. The third-order valence-electron chi connectivity index (χ3n) is 2.12. The Morgan fingerprint density at radius 1 is 0.800 bits per heavy atom. The average Bonchev–Trinajstić information content (AvgIpc) is 2.54. The average molecular weight is 379 g/mol. The molecule has 0 saturated heterocycles. The molecule has 1 atom stereocenters. The lowest BCUT2D eigenvalue weighted by atomic mass is 10.1.